The third-order valence-corrected chi connectivity index (χ3v) is 5.52. The molecular formula is C23H28ClFN2O3. The molecule has 1 unspecified atom stereocenters. The number of ether oxygens (including phenoxy) is 2. The van der Waals surface area contributed by atoms with Gasteiger partial charge in [0.25, 0.3) is 5.91 Å². The van der Waals surface area contributed by atoms with Gasteiger partial charge >= 0.3 is 0 Å². The van der Waals surface area contributed by atoms with Gasteiger partial charge in [-0.15, -0.1) is 0 Å². The van der Waals surface area contributed by atoms with E-state index in [4.69, 9.17) is 21.1 Å². The van der Waals surface area contributed by atoms with Gasteiger partial charge in [-0.1, -0.05) is 29.8 Å². The molecule has 1 fully saturated rings. The molecule has 162 valence electrons. The summed E-state index contributed by atoms with van der Waals surface area (Å²) >= 11 is 6.33. The fraction of sp³-hybridized carbons (Fsp3) is 0.435. The Morgan fingerprint density at radius 3 is 2.67 bits per heavy atom. The van der Waals surface area contributed by atoms with E-state index < -0.39 is 0 Å². The Morgan fingerprint density at radius 1 is 1.17 bits per heavy atom. The number of carbonyl (C=O) groups excluding carboxylic acids is 1. The van der Waals surface area contributed by atoms with E-state index in [0.29, 0.717) is 41.7 Å². The summed E-state index contributed by atoms with van der Waals surface area (Å²) in [7, 11) is 0. The Hall–Kier alpha value is -2.15. The van der Waals surface area contributed by atoms with Crippen LogP contribution in [0.3, 0.4) is 0 Å². The molecule has 1 aliphatic heterocycles. The van der Waals surface area contributed by atoms with Crippen LogP contribution in [0, 0.1) is 5.82 Å². The second-order valence-electron chi connectivity index (χ2n) is 7.15. The smallest absolute Gasteiger partial charge is 0.255 e. The molecule has 3 rings (SSSR count). The Bertz CT molecular complexity index is 823. The third kappa shape index (κ3) is 5.72. The van der Waals surface area contributed by atoms with Crippen molar-refractivity contribution in [2.45, 2.75) is 25.8 Å². The molecule has 1 amide bonds. The summed E-state index contributed by atoms with van der Waals surface area (Å²) in [5.74, 6) is -0.122. The molecule has 2 aromatic rings. The summed E-state index contributed by atoms with van der Waals surface area (Å²) in [6.45, 7) is 5.30. The SMILES string of the molecule is CCOCCOc1ccccc1C(=O)NCC(c1c(F)cccc1Cl)N1CCCC1. The fourth-order valence-electron chi connectivity index (χ4n) is 3.72. The van der Waals surface area contributed by atoms with Gasteiger partial charge in [0.15, 0.2) is 0 Å². The normalized spacial score (nSPS) is 15.2. The number of likely N-dealkylation sites (tertiary alicyclic amines) is 1. The Morgan fingerprint density at radius 2 is 1.93 bits per heavy atom. The van der Waals surface area contributed by atoms with Crippen molar-refractivity contribution in [1.29, 1.82) is 0 Å². The summed E-state index contributed by atoms with van der Waals surface area (Å²) in [5, 5.41) is 3.33. The van der Waals surface area contributed by atoms with E-state index in [1.54, 1.807) is 30.3 Å². The van der Waals surface area contributed by atoms with Gasteiger partial charge in [-0.3, -0.25) is 9.69 Å². The minimum Gasteiger partial charge on any atom is -0.490 e. The van der Waals surface area contributed by atoms with Gasteiger partial charge in [-0.2, -0.15) is 0 Å². The molecule has 0 radical (unpaired) electrons. The van der Waals surface area contributed by atoms with Gasteiger partial charge in [0, 0.05) is 23.7 Å². The molecule has 2 aromatic carbocycles. The average Bonchev–Trinajstić information content (AvgIpc) is 3.28. The van der Waals surface area contributed by atoms with Crippen LogP contribution < -0.4 is 10.1 Å². The van der Waals surface area contributed by atoms with Crippen molar-refractivity contribution >= 4 is 17.5 Å². The number of halogens is 2. The van der Waals surface area contributed by atoms with Crippen LogP contribution in [0.4, 0.5) is 4.39 Å². The van der Waals surface area contributed by atoms with E-state index in [9.17, 15) is 9.18 Å². The maximum atomic E-state index is 14.6. The molecule has 0 bridgehead atoms. The monoisotopic (exact) mass is 434 g/mol. The number of para-hydroxylation sites is 1. The minimum absolute atomic E-state index is 0.257. The van der Waals surface area contributed by atoms with Gasteiger partial charge in [0.1, 0.15) is 18.2 Å². The maximum Gasteiger partial charge on any atom is 0.255 e. The van der Waals surface area contributed by atoms with E-state index >= 15 is 0 Å². The van der Waals surface area contributed by atoms with Crippen LogP contribution in [0.25, 0.3) is 0 Å². The molecule has 1 N–H and O–H groups in total. The van der Waals surface area contributed by atoms with Crippen molar-refractivity contribution in [3.63, 3.8) is 0 Å². The molecule has 5 nitrogen and oxygen atoms in total. The topological polar surface area (TPSA) is 50.8 Å². The highest BCUT2D eigenvalue weighted by Crippen LogP contribution is 2.32. The zero-order chi connectivity index (χ0) is 21.3. The molecule has 0 spiro atoms. The molecule has 0 aromatic heterocycles. The lowest BCUT2D eigenvalue weighted by atomic mass is 10.0. The van der Waals surface area contributed by atoms with Crippen molar-refractivity contribution < 1.29 is 18.7 Å². The van der Waals surface area contributed by atoms with Crippen molar-refractivity contribution in [2.75, 3.05) is 39.5 Å². The summed E-state index contributed by atoms with van der Waals surface area (Å²) in [4.78, 5) is 15.1. The number of amides is 1. The van der Waals surface area contributed by atoms with Crippen LogP contribution >= 0.6 is 11.6 Å². The number of rotatable bonds is 10. The lowest BCUT2D eigenvalue weighted by Crippen LogP contribution is -2.37. The van der Waals surface area contributed by atoms with Crippen molar-refractivity contribution in [1.82, 2.24) is 10.2 Å². The number of hydrogen-bond donors (Lipinski definition) is 1. The highest BCUT2D eigenvalue weighted by Gasteiger charge is 2.28. The van der Waals surface area contributed by atoms with Crippen molar-refractivity contribution in [3.05, 3.63) is 64.4 Å². The van der Waals surface area contributed by atoms with Crippen LogP contribution in [0.2, 0.25) is 5.02 Å². The van der Waals surface area contributed by atoms with Gasteiger partial charge in [0.2, 0.25) is 0 Å². The highest BCUT2D eigenvalue weighted by atomic mass is 35.5. The van der Waals surface area contributed by atoms with E-state index in [1.165, 1.54) is 6.07 Å². The molecule has 0 saturated carbocycles. The van der Waals surface area contributed by atoms with Crippen molar-refractivity contribution in [2.24, 2.45) is 0 Å². The van der Waals surface area contributed by atoms with E-state index in [-0.39, 0.29) is 24.3 Å². The summed E-state index contributed by atoms with van der Waals surface area (Å²) in [5.41, 5.74) is 0.872. The molecule has 1 heterocycles. The first kappa shape index (κ1) is 22.5. The van der Waals surface area contributed by atoms with Gasteiger partial charge in [0.05, 0.1) is 18.2 Å². The number of carbonyl (C=O) groups is 1. The fourth-order valence-corrected chi connectivity index (χ4v) is 4.00. The molecule has 1 aliphatic rings. The first-order valence-corrected chi connectivity index (χ1v) is 10.7. The lowest BCUT2D eigenvalue weighted by molar-refractivity contribution is 0.0921. The summed E-state index contributed by atoms with van der Waals surface area (Å²) in [6.07, 6.45) is 2.10. The number of hydrogen-bond acceptors (Lipinski definition) is 4. The first-order valence-electron chi connectivity index (χ1n) is 10.4. The van der Waals surface area contributed by atoms with E-state index in [2.05, 4.69) is 10.2 Å². The second-order valence-corrected chi connectivity index (χ2v) is 7.55. The third-order valence-electron chi connectivity index (χ3n) is 5.19. The van der Waals surface area contributed by atoms with Gasteiger partial charge < -0.3 is 14.8 Å². The largest absolute Gasteiger partial charge is 0.490 e. The molecular weight excluding hydrogens is 407 g/mol. The predicted molar refractivity (Wildman–Crippen MR) is 116 cm³/mol. The lowest BCUT2D eigenvalue weighted by Gasteiger charge is -2.29. The Kier molecular flexibility index (Phi) is 8.49. The second kappa shape index (κ2) is 11.3. The summed E-state index contributed by atoms with van der Waals surface area (Å²) in [6, 6.07) is 11.4. The van der Waals surface area contributed by atoms with E-state index in [0.717, 1.165) is 25.9 Å². The molecule has 0 aliphatic carbocycles. The molecule has 1 saturated heterocycles. The van der Waals surface area contributed by atoms with Crippen LogP contribution in [-0.4, -0.2) is 50.3 Å². The molecule has 1 atom stereocenters. The van der Waals surface area contributed by atoms with Crippen molar-refractivity contribution in [3.8, 4) is 5.75 Å². The van der Waals surface area contributed by atoms with Crippen LogP contribution in [0.5, 0.6) is 5.75 Å². The van der Waals surface area contributed by atoms with Crippen LogP contribution in [0.15, 0.2) is 42.5 Å². The number of nitrogens with zero attached hydrogens (tertiary/aromatic N) is 1. The van der Waals surface area contributed by atoms with Gasteiger partial charge in [-0.05, 0) is 57.1 Å². The Labute approximate surface area is 182 Å². The quantitative estimate of drug-likeness (QED) is 0.561. The Balaban J connectivity index is 1.72. The van der Waals surface area contributed by atoms with Crippen LogP contribution in [0.1, 0.15) is 41.7 Å². The van der Waals surface area contributed by atoms with Crippen LogP contribution in [-0.2, 0) is 4.74 Å². The standard InChI is InChI=1S/C23H28ClFN2O3/c1-2-29-14-15-30-21-11-4-3-8-17(21)23(28)26-16-20(27-12-5-6-13-27)22-18(24)9-7-10-19(22)25/h3-4,7-11,20H,2,5-6,12-16H2,1H3,(H,26,28). The average molecular weight is 435 g/mol. The number of nitrogens with one attached hydrogen (secondary N) is 1. The summed E-state index contributed by atoms with van der Waals surface area (Å²) < 4.78 is 25.6. The molecule has 7 heteroatoms. The highest BCUT2D eigenvalue weighted by molar-refractivity contribution is 6.31. The predicted octanol–water partition coefficient (Wildman–Crippen LogP) is 4.46. The van der Waals surface area contributed by atoms with Gasteiger partial charge in [-0.25, -0.2) is 4.39 Å². The zero-order valence-corrected chi connectivity index (χ0v) is 18.0. The first-order chi connectivity index (χ1) is 14.6. The maximum absolute atomic E-state index is 14.6. The van der Waals surface area contributed by atoms with E-state index in [1.807, 2.05) is 13.0 Å². The zero-order valence-electron chi connectivity index (χ0n) is 17.2. The molecule has 30 heavy (non-hydrogen) atoms. The number of benzene rings is 2. The minimum atomic E-state index is -0.353.